The Bertz CT molecular complexity index is 272. The average molecular weight is 255 g/mol. The lowest BCUT2D eigenvalue weighted by atomic mass is 9.89. The van der Waals surface area contributed by atoms with Gasteiger partial charge in [0.1, 0.15) is 6.42 Å². The molecule has 18 heavy (non-hydrogen) atoms. The van der Waals surface area contributed by atoms with E-state index in [2.05, 4.69) is 0 Å². The molecule has 104 valence electrons. The minimum absolute atomic E-state index is 0.0493. The second kappa shape index (κ2) is 8.25. The number of ether oxygens (including phenoxy) is 1. The van der Waals surface area contributed by atoms with Crippen molar-refractivity contribution in [3.8, 4) is 0 Å². The maximum absolute atomic E-state index is 11.6. The number of hydrogen-bond acceptors (Lipinski definition) is 4. The van der Waals surface area contributed by atoms with E-state index in [1.807, 2.05) is 11.9 Å². The molecule has 0 bridgehead atoms. The van der Waals surface area contributed by atoms with Crippen LogP contribution in [0.5, 0.6) is 0 Å². The van der Waals surface area contributed by atoms with Gasteiger partial charge in [0.15, 0.2) is 5.78 Å². The maximum Gasteiger partial charge on any atom is 0.313 e. The van der Waals surface area contributed by atoms with E-state index < -0.39 is 5.97 Å². The van der Waals surface area contributed by atoms with Crippen molar-refractivity contribution in [2.75, 3.05) is 26.7 Å². The van der Waals surface area contributed by atoms with Crippen LogP contribution in [0.4, 0.5) is 0 Å². The third-order valence-corrected chi connectivity index (χ3v) is 3.39. The number of Topliss-reactive ketones (excluding diaryl/α,β-unsaturated/α-hetero) is 1. The van der Waals surface area contributed by atoms with Crippen molar-refractivity contribution in [2.24, 2.45) is 5.92 Å². The third-order valence-electron chi connectivity index (χ3n) is 3.39. The van der Waals surface area contributed by atoms with E-state index in [1.54, 1.807) is 6.92 Å². The highest BCUT2D eigenvalue weighted by molar-refractivity contribution is 5.96. The molecule has 0 spiro atoms. The van der Waals surface area contributed by atoms with Gasteiger partial charge in [0, 0.05) is 6.54 Å². The van der Waals surface area contributed by atoms with Crippen molar-refractivity contribution in [3.63, 3.8) is 0 Å². The van der Waals surface area contributed by atoms with Gasteiger partial charge in [-0.2, -0.15) is 0 Å². The zero-order valence-electron chi connectivity index (χ0n) is 11.6. The van der Waals surface area contributed by atoms with E-state index in [-0.39, 0.29) is 12.2 Å². The lowest BCUT2D eigenvalue weighted by Crippen LogP contribution is -2.32. The van der Waals surface area contributed by atoms with E-state index >= 15 is 0 Å². The first-order valence-electron chi connectivity index (χ1n) is 6.97. The molecule has 0 aromatic carbocycles. The molecule has 4 nitrogen and oxygen atoms in total. The lowest BCUT2D eigenvalue weighted by molar-refractivity contribution is -0.145. The Labute approximate surface area is 110 Å². The van der Waals surface area contributed by atoms with Crippen LogP contribution in [0.1, 0.15) is 45.4 Å². The van der Waals surface area contributed by atoms with Gasteiger partial charge in [-0.1, -0.05) is 19.3 Å². The van der Waals surface area contributed by atoms with Gasteiger partial charge in [-0.05, 0) is 32.7 Å². The molecule has 0 N–H and O–H groups in total. The van der Waals surface area contributed by atoms with Crippen molar-refractivity contribution >= 4 is 11.8 Å². The van der Waals surface area contributed by atoms with Crippen LogP contribution >= 0.6 is 0 Å². The lowest BCUT2D eigenvalue weighted by Gasteiger charge is -2.26. The summed E-state index contributed by atoms with van der Waals surface area (Å²) in [7, 11) is 1.96. The van der Waals surface area contributed by atoms with Gasteiger partial charge in [-0.15, -0.1) is 0 Å². The summed E-state index contributed by atoms with van der Waals surface area (Å²) < 4.78 is 4.77. The molecule has 1 rings (SSSR count). The number of hydrogen-bond donors (Lipinski definition) is 0. The molecule has 0 heterocycles. The number of carbonyl (C=O) groups excluding carboxylic acids is 2. The molecule has 1 saturated carbocycles. The van der Waals surface area contributed by atoms with Crippen LogP contribution in [0.25, 0.3) is 0 Å². The van der Waals surface area contributed by atoms with Crippen LogP contribution in [0.2, 0.25) is 0 Å². The minimum Gasteiger partial charge on any atom is -0.466 e. The standard InChI is InChI=1S/C14H25NO3/c1-3-18-14(17)9-13(16)11-15(2)10-12-7-5-4-6-8-12/h12H,3-11H2,1-2H3. The Kier molecular flexibility index (Phi) is 6.94. The largest absolute Gasteiger partial charge is 0.466 e. The average Bonchev–Trinajstić information content (AvgIpc) is 2.29. The van der Waals surface area contributed by atoms with Gasteiger partial charge >= 0.3 is 5.97 Å². The monoisotopic (exact) mass is 255 g/mol. The fraction of sp³-hybridized carbons (Fsp3) is 0.857. The second-order valence-corrected chi connectivity index (χ2v) is 5.22. The number of carbonyl (C=O) groups is 2. The quantitative estimate of drug-likeness (QED) is 0.516. The Hall–Kier alpha value is -0.900. The van der Waals surface area contributed by atoms with Crippen molar-refractivity contribution in [1.82, 2.24) is 4.90 Å². The highest BCUT2D eigenvalue weighted by atomic mass is 16.5. The highest BCUT2D eigenvalue weighted by Gasteiger charge is 2.18. The summed E-state index contributed by atoms with van der Waals surface area (Å²) in [6.45, 7) is 3.41. The third kappa shape index (κ3) is 6.15. The number of ketones is 1. The zero-order chi connectivity index (χ0) is 13.4. The molecular weight excluding hydrogens is 230 g/mol. The molecule has 0 radical (unpaired) electrons. The topological polar surface area (TPSA) is 46.6 Å². The predicted octanol–water partition coefficient (Wildman–Crippen LogP) is 2.02. The summed E-state index contributed by atoms with van der Waals surface area (Å²) in [5.74, 6) is 0.263. The molecule has 0 saturated heterocycles. The van der Waals surface area contributed by atoms with Gasteiger partial charge in [0.2, 0.25) is 0 Å². The van der Waals surface area contributed by atoms with Crippen LogP contribution in [0.15, 0.2) is 0 Å². The van der Waals surface area contributed by atoms with Gasteiger partial charge in [0.05, 0.1) is 13.2 Å². The Morgan fingerprint density at radius 3 is 2.50 bits per heavy atom. The van der Waals surface area contributed by atoms with E-state index in [0.29, 0.717) is 13.2 Å². The molecule has 0 aromatic heterocycles. The number of esters is 1. The van der Waals surface area contributed by atoms with E-state index in [4.69, 9.17) is 4.74 Å². The first-order valence-corrected chi connectivity index (χ1v) is 6.97. The summed E-state index contributed by atoms with van der Waals surface area (Å²) in [5, 5.41) is 0. The summed E-state index contributed by atoms with van der Waals surface area (Å²) >= 11 is 0. The van der Waals surface area contributed by atoms with Gasteiger partial charge in [-0.3, -0.25) is 14.5 Å². The molecular formula is C14H25NO3. The molecule has 0 amide bonds. The van der Waals surface area contributed by atoms with Crippen LogP contribution in [0, 0.1) is 5.92 Å². The van der Waals surface area contributed by atoms with Gasteiger partial charge in [-0.25, -0.2) is 0 Å². The Morgan fingerprint density at radius 1 is 1.22 bits per heavy atom. The molecule has 4 heteroatoms. The number of rotatable bonds is 7. The normalized spacial score (nSPS) is 16.8. The molecule has 0 aromatic rings. The van der Waals surface area contributed by atoms with Crippen molar-refractivity contribution in [3.05, 3.63) is 0 Å². The van der Waals surface area contributed by atoms with Crippen LogP contribution in [-0.4, -0.2) is 43.4 Å². The van der Waals surface area contributed by atoms with Crippen molar-refractivity contribution in [1.29, 1.82) is 0 Å². The molecule has 0 unspecified atom stereocenters. The predicted molar refractivity (Wildman–Crippen MR) is 70.3 cm³/mol. The molecule has 1 fully saturated rings. The molecule has 0 aliphatic heterocycles. The first-order chi connectivity index (χ1) is 8.61. The second-order valence-electron chi connectivity index (χ2n) is 5.22. The summed E-state index contributed by atoms with van der Waals surface area (Å²) in [6.07, 6.45) is 6.43. The van der Waals surface area contributed by atoms with E-state index in [0.717, 1.165) is 12.5 Å². The minimum atomic E-state index is -0.409. The van der Waals surface area contributed by atoms with E-state index in [1.165, 1.54) is 32.1 Å². The maximum atomic E-state index is 11.6. The molecule has 1 aliphatic carbocycles. The smallest absolute Gasteiger partial charge is 0.313 e. The molecule has 0 atom stereocenters. The van der Waals surface area contributed by atoms with E-state index in [9.17, 15) is 9.59 Å². The fourth-order valence-electron chi connectivity index (χ4n) is 2.60. The fourth-order valence-corrected chi connectivity index (χ4v) is 2.60. The Balaban J connectivity index is 2.19. The highest BCUT2D eigenvalue weighted by Crippen LogP contribution is 2.23. The van der Waals surface area contributed by atoms with Gasteiger partial charge in [0.25, 0.3) is 0 Å². The van der Waals surface area contributed by atoms with Crippen LogP contribution in [0.3, 0.4) is 0 Å². The SMILES string of the molecule is CCOC(=O)CC(=O)CN(C)CC1CCCCC1. The summed E-state index contributed by atoms with van der Waals surface area (Å²) in [6, 6.07) is 0. The number of likely N-dealkylation sites (N-methyl/N-ethyl adjacent to an activating group) is 1. The van der Waals surface area contributed by atoms with Crippen molar-refractivity contribution in [2.45, 2.75) is 45.4 Å². The first kappa shape index (κ1) is 15.2. The van der Waals surface area contributed by atoms with Crippen molar-refractivity contribution < 1.29 is 14.3 Å². The zero-order valence-corrected chi connectivity index (χ0v) is 11.6. The van der Waals surface area contributed by atoms with Gasteiger partial charge < -0.3 is 4.74 Å². The van der Waals surface area contributed by atoms with Crippen LogP contribution < -0.4 is 0 Å². The molecule has 1 aliphatic rings. The summed E-state index contributed by atoms with van der Waals surface area (Å²) in [4.78, 5) is 24.8. The Morgan fingerprint density at radius 2 is 1.89 bits per heavy atom. The van der Waals surface area contributed by atoms with Crippen LogP contribution in [-0.2, 0) is 14.3 Å². The number of nitrogens with zero attached hydrogens (tertiary/aromatic N) is 1. The summed E-state index contributed by atoms with van der Waals surface area (Å²) in [5.41, 5.74) is 0.